The van der Waals surface area contributed by atoms with Gasteiger partial charge in [0, 0.05) is 12.5 Å². The molecular formula is C13H17NO4. The maximum absolute atomic E-state index is 11.4. The summed E-state index contributed by atoms with van der Waals surface area (Å²) in [5, 5.41) is 12.7. The van der Waals surface area contributed by atoms with Crippen LogP contribution in [0.15, 0.2) is 18.2 Å². The predicted octanol–water partition coefficient (Wildman–Crippen LogP) is 1.22. The van der Waals surface area contributed by atoms with Gasteiger partial charge in [-0.05, 0) is 17.7 Å². The summed E-state index contributed by atoms with van der Waals surface area (Å²) in [4.78, 5) is 11.4. The molecule has 1 aromatic rings. The number of aliphatic hydroxyl groups excluding tert-OH is 1. The van der Waals surface area contributed by atoms with E-state index in [0.29, 0.717) is 17.1 Å². The molecule has 0 aliphatic carbocycles. The number of ether oxygens (including phenoxy) is 2. The van der Waals surface area contributed by atoms with Crippen molar-refractivity contribution in [2.75, 3.05) is 13.3 Å². The summed E-state index contributed by atoms with van der Waals surface area (Å²) in [6.07, 6.45) is -0.748. The quantitative estimate of drug-likeness (QED) is 0.844. The van der Waals surface area contributed by atoms with E-state index in [-0.39, 0.29) is 25.2 Å². The van der Waals surface area contributed by atoms with Gasteiger partial charge in [0.15, 0.2) is 11.5 Å². The molecule has 0 bridgehead atoms. The highest BCUT2D eigenvalue weighted by Gasteiger charge is 2.17. The fraction of sp³-hybridized carbons (Fsp3) is 0.462. The van der Waals surface area contributed by atoms with E-state index >= 15 is 0 Å². The van der Waals surface area contributed by atoms with Crippen molar-refractivity contribution in [1.82, 2.24) is 5.32 Å². The van der Waals surface area contributed by atoms with Gasteiger partial charge in [0.2, 0.25) is 12.7 Å². The summed E-state index contributed by atoms with van der Waals surface area (Å²) in [6, 6.07) is 5.25. The van der Waals surface area contributed by atoms with Crippen LogP contribution in [0.4, 0.5) is 0 Å². The molecule has 2 rings (SSSR count). The van der Waals surface area contributed by atoms with Crippen LogP contribution in [0.5, 0.6) is 11.5 Å². The minimum atomic E-state index is -0.748. The first-order chi connectivity index (χ1) is 8.58. The predicted molar refractivity (Wildman–Crippen MR) is 65.4 cm³/mol. The zero-order valence-electron chi connectivity index (χ0n) is 10.5. The number of rotatable bonds is 4. The Morgan fingerprint density at radius 3 is 2.83 bits per heavy atom. The van der Waals surface area contributed by atoms with Crippen LogP contribution in [0, 0.1) is 5.92 Å². The summed E-state index contributed by atoms with van der Waals surface area (Å²) < 4.78 is 10.4. The molecule has 0 fully saturated rings. The smallest absolute Gasteiger partial charge is 0.231 e. The van der Waals surface area contributed by atoms with Crippen LogP contribution in [-0.2, 0) is 4.79 Å². The monoisotopic (exact) mass is 251 g/mol. The molecule has 0 radical (unpaired) electrons. The molecule has 18 heavy (non-hydrogen) atoms. The highest BCUT2D eigenvalue weighted by Crippen LogP contribution is 2.34. The number of hydrogen-bond donors (Lipinski definition) is 2. The molecule has 1 atom stereocenters. The van der Waals surface area contributed by atoms with Crippen molar-refractivity contribution in [2.45, 2.75) is 20.0 Å². The van der Waals surface area contributed by atoms with E-state index in [9.17, 15) is 9.90 Å². The molecule has 2 N–H and O–H groups in total. The number of carbonyl (C=O) groups is 1. The van der Waals surface area contributed by atoms with Gasteiger partial charge in [0.05, 0.1) is 6.10 Å². The normalized spacial score (nSPS) is 14.7. The third-order valence-electron chi connectivity index (χ3n) is 2.78. The SMILES string of the molecule is CC(C)C(=O)NCC(O)c1ccc2c(c1)OCO2. The Hall–Kier alpha value is -1.75. The topological polar surface area (TPSA) is 67.8 Å². The lowest BCUT2D eigenvalue weighted by atomic mass is 10.1. The van der Waals surface area contributed by atoms with Gasteiger partial charge in [0.25, 0.3) is 0 Å². The second-order valence-corrected chi connectivity index (χ2v) is 4.53. The Labute approximate surface area is 106 Å². The number of nitrogens with one attached hydrogen (secondary N) is 1. The molecule has 98 valence electrons. The van der Waals surface area contributed by atoms with Crippen LogP contribution in [0.3, 0.4) is 0 Å². The van der Waals surface area contributed by atoms with Gasteiger partial charge in [-0.3, -0.25) is 4.79 Å². The molecule has 5 heteroatoms. The Balaban J connectivity index is 1.97. The molecule has 1 aromatic carbocycles. The van der Waals surface area contributed by atoms with Crippen LogP contribution < -0.4 is 14.8 Å². The summed E-state index contributed by atoms with van der Waals surface area (Å²) in [7, 11) is 0. The molecule has 0 aromatic heterocycles. The highest BCUT2D eigenvalue weighted by atomic mass is 16.7. The molecule has 1 heterocycles. The Kier molecular flexibility index (Phi) is 3.72. The van der Waals surface area contributed by atoms with Gasteiger partial charge in [-0.25, -0.2) is 0 Å². The van der Waals surface area contributed by atoms with Crippen molar-refractivity contribution < 1.29 is 19.4 Å². The molecule has 5 nitrogen and oxygen atoms in total. The van der Waals surface area contributed by atoms with Crippen LogP contribution in [0.2, 0.25) is 0 Å². The average molecular weight is 251 g/mol. The van der Waals surface area contributed by atoms with Crippen molar-refractivity contribution in [3.8, 4) is 11.5 Å². The first-order valence-corrected chi connectivity index (χ1v) is 5.93. The van der Waals surface area contributed by atoms with Crippen LogP contribution >= 0.6 is 0 Å². The van der Waals surface area contributed by atoms with E-state index in [0.717, 1.165) is 0 Å². The lowest BCUT2D eigenvalue weighted by molar-refractivity contribution is -0.124. The molecular weight excluding hydrogens is 234 g/mol. The lowest BCUT2D eigenvalue weighted by Crippen LogP contribution is -2.31. The van der Waals surface area contributed by atoms with E-state index in [1.807, 2.05) is 13.8 Å². The second kappa shape index (κ2) is 5.27. The second-order valence-electron chi connectivity index (χ2n) is 4.53. The molecule has 1 aliphatic rings. The number of carbonyl (C=O) groups excluding carboxylic acids is 1. The number of amides is 1. The molecule has 1 aliphatic heterocycles. The minimum Gasteiger partial charge on any atom is -0.454 e. The summed E-state index contributed by atoms with van der Waals surface area (Å²) in [5.41, 5.74) is 0.698. The molecule has 0 saturated heterocycles. The Morgan fingerprint density at radius 2 is 2.11 bits per heavy atom. The van der Waals surface area contributed by atoms with Crippen LogP contribution in [0.25, 0.3) is 0 Å². The first-order valence-electron chi connectivity index (χ1n) is 5.93. The van der Waals surface area contributed by atoms with E-state index in [2.05, 4.69) is 5.32 Å². The summed E-state index contributed by atoms with van der Waals surface area (Å²) in [5.74, 6) is 1.14. The minimum absolute atomic E-state index is 0.0743. The molecule has 1 amide bonds. The average Bonchev–Trinajstić information content (AvgIpc) is 2.82. The van der Waals surface area contributed by atoms with Crippen LogP contribution in [-0.4, -0.2) is 24.4 Å². The number of hydrogen-bond acceptors (Lipinski definition) is 4. The molecule has 0 saturated carbocycles. The van der Waals surface area contributed by atoms with Gasteiger partial charge < -0.3 is 19.9 Å². The number of benzene rings is 1. The standard InChI is InChI=1S/C13H17NO4/c1-8(2)13(16)14-6-10(15)9-3-4-11-12(5-9)18-7-17-11/h3-5,8,10,15H,6-7H2,1-2H3,(H,14,16). The van der Waals surface area contributed by atoms with Crippen molar-refractivity contribution in [3.63, 3.8) is 0 Å². The number of aliphatic hydroxyl groups is 1. The summed E-state index contributed by atoms with van der Waals surface area (Å²) >= 11 is 0. The maximum atomic E-state index is 11.4. The van der Waals surface area contributed by atoms with Crippen molar-refractivity contribution in [3.05, 3.63) is 23.8 Å². The van der Waals surface area contributed by atoms with Gasteiger partial charge >= 0.3 is 0 Å². The third-order valence-corrected chi connectivity index (χ3v) is 2.78. The van der Waals surface area contributed by atoms with Gasteiger partial charge in [-0.1, -0.05) is 19.9 Å². The maximum Gasteiger partial charge on any atom is 0.231 e. The molecule has 1 unspecified atom stereocenters. The number of fused-ring (bicyclic) bond motifs is 1. The fourth-order valence-electron chi connectivity index (χ4n) is 1.64. The zero-order valence-corrected chi connectivity index (χ0v) is 10.5. The van der Waals surface area contributed by atoms with Crippen LogP contribution in [0.1, 0.15) is 25.5 Å². The van der Waals surface area contributed by atoms with Gasteiger partial charge in [0.1, 0.15) is 0 Å². The van der Waals surface area contributed by atoms with Gasteiger partial charge in [-0.2, -0.15) is 0 Å². The van der Waals surface area contributed by atoms with E-state index < -0.39 is 6.10 Å². The largest absolute Gasteiger partial charge is 0.454 e. The zero-order chi connectivity index (χ0) is 13.1. The van der Waals surface area contributed by atoms with Crippen molar-refractivity contribution >= 4 is 5.91 Å². The Bertz CT molecular complexity index is 445. The van der Waals surface area contributed by atoms with E-state index in [1.54, 1.807) is 18.2 Å². The third kappa shape index (κ3) is 2.73. The van der Waals surface area contributed by atoms with Crippen molar-refractivity contribution in [2.24, 2.45) is 5.92 Å². The van der Waals surface area contributed by atoms with E-state index in [4.69, 9.17) is 9.47 Å². The lowest BCUT2D eigenvalue weighted by Gasteiger charge is -2.14. The highest BCUT2D eigenvalue weighted by molar-refractivity contribution is 5.77. The van der Waals surface area contributed by atoms with Gasteiger partial charge in [-0.15, -0.1) is 0 Å². The molecule has 0 spiro atoms. The fourth-order valence-corrected chi connectivity index (χ4v) is 1.64. The first kappa shape index (κ1) is 12.7. The van der Waals surface area contributed by atoms with Crippen molar-refractivity contribution in [1.29, 1.82) is 0 Å². The summed E-state index contributed by atoms with van der Waals surface area (Å²) in [6.45, 7) is 4.01. The van der Waals surface area contributed by atoms with E-state index in [1.165, 1.54) is 0 Å². The Morgan fingerprint density at radius 1 is 1.39 bits per heavy atom.